The number of sulfonamides is 1. The second kappa shape index (κ2) is 12.6. The molecule has 11 heteroatoms. The van der Waals surface area contributed by atoms with Crippen LogP contribution in [0, 0.1) is 5.92 Å². The largest absolute Gasteiger partial charge is 0.387 e. The number of nitrogens with zero attached hydrogens (tertiary/aromatic N) is 3. The molecule has 2 saturated heterocycles. The third-order valence-electron chi connectivity index (χ3n) is 5.19. The molecule has 0 aromatic rings. The van der Waals surface area contributed by atoms with Crippen LogP contribution in [0.5, 0.6) is 0 Å². The van der Waals surface area contributed by atoms with Gasteiger partial charge in [0.15, 0.2) is 5.96 Å². The number of hydrogen-bond acceptors (Lipinski definition) is 6. The van der Waals surface area contributed by atoms with E-state index in [1.807, 2.05) is 13.8 Å². The summed E-state index contributed by atoms with van der Waals surface area (Å²) in [5, 5.41) is 17.3. The van der Waals surface area contributed by atoms with Crippen LogP contribution < -0.4 is 10.6 Å². The maximum Gasteiger partial charge on any atom is 0.211 e. The first kappa shape index (κ1) is 26.8. The third-order valence-corrected chi connectivity index (χ3v) is 6.49. The minimum Gasteiger partial charge on any atom is -0.387 e. The molecule has 0 spiro atoms. The van der Waals surface area contributed by atoms with Crippen molar-refractivity contribution in [3.05, 3.63) is 0 Å². The molecule has 2 rings (SSSR count). The number of rotatable bonds is 8. The molecular formula is C18H38IN5O4S. The van der Waals surface area contributed by atoms with E-state index in [1.165, 1.54) is 6.26 Å². The normalized spacial score (nSPS) is 22.6. The van der Waals surface area contributed by atoms with Gasteiger partial charge in [0.2, 0.25) is 10.0 Å². The van der Waals surface area contributed by atoms with E-state index in [0.717, 1.165) is 39.0 Å². The fourth-order valence-electron chi connectivity index (χ4n) is 3.57. The highest BCUT2D eigenvalue weighted by atomic mass is 127. The van der Waals surface area contributed by atoms with Crippen molar-refractivity contribution in [1.82, 2.24) is 19.8 Å². The van der Waals surface area contributed by atoms with Crippen LogP contribution in [0.15, 0.2) is 4.99 Å². The fraction of sp³-hybridized carbons (Fsp3) is 0.944. The Bertz CT molecular complexity index is 603. The number of β-amino-alcohol motifs (C(OH)–C–C–N with tert-alkyl or cyclic N) is 1. The number of morpholine rings is 1. The molecule has 172 valence electrons. The van der Waals surface area contributed by atoms with Crippen LogP contribution in [-0.2, 0) is 14.8 Å². The van der Waals surface area contributed by atoms with Crippen molar-refractivity contribution in [3.8, 4) is 0 Å². The molecule has 0 amide bonds. The fourth-order valence-corrected chi connectivity index (χ4v) is 4.44. The van der Waals surface area contributed by atoms with Crippen molar-refractivity contribution in [2.24, 2.45) is 10.9 Å². The molecule has 0 radical (unpaired) electrons. The summed E-state index contributed by atoms with van der Waals surface area (Å²) in [6.45, 7) is 10.4. The number of aliphatic imine (C=N–C) groups is 1. The topological polar surface area (TPSA) is 106 Å². The van der Waals surface area contributed by atoms with Gasteiger partial charge in [-0.15, -0.1) is 24.0 Å². The average molecular weight is 548 g/mol. The third kappa shape index (κ3) is 10.1. The van der Waals surface area contributed by atoms with Crippen LogP contribution in [0.4, 0.5) is 0 Å². The number of halogens is 1. The monoisotopic (exact) mass is 547 g/mol. The highest BCUT2D eigenvalue weighted by molar-refractivity contribution is 14.0. The molecule has 2 heterocycles. The van der Waals surface area contributed by atoms with E-state index in [9.17, 15) is 13.5 Å². The van der Waals surface area contributed by atoms with Crippen molar-refractivity contribution in [2.75, 3.05) is 71.8 Å². The zero-order valence-corrected chi connectivity index (χ0v) is 21.0. The zero-order chi connectivity index (χ0) is 20.6. The Kier molecular flexibility index (Phi) is 11.7. The van der Waals surface area contributed by atoms with E-state index < -0.39 is 15.6 Å². The highest BCUT2D eigenvalue weighted by Gasteiger charge is 2.26. The lowest BCUT2D eigenvalue weighted by Crippen LogP contribution is -2.48. The Morgan fingerprint density at radius 3 is 2.38 bits per heavy atom. The second-order valence-corrected chi connectivity index (χ2v) is 10.0. The van der Waals surface area contributed by atoms with Gasteiger partial charge in [0.05, 0.1) is 31.6 Å². The van der Waals surface area contributed by atoms with E-state index >= 15 is 0 Å². The summed E-state index contributed by atoms with van der Waals surface area (Å²) in [5.74, 6) is 1.10. The summed E-state index contributed by atoms with van der Waals surface area (Å²) in [6, 6.07) is 0. The molecule has 0 saturated carbocycles. The van der Waals surface area contributed by atoms with E-state index in [2.05, 4.69) is 20.5 Å². The zero-order valence-electron chi connectivity index (χ0n) is 17.9. The first-order chi connectivity index (χ1) is 13.2. The van der Waals surface area contributed by atoms with Gasteiger partial charge in [-0.1, -0.05) is 0 Å². The van der Waals surface area contributed by atoms with Gasteiger partial charge in [-0.05, 0) is 32.6 Å². The summed E-state index contributed by atoms with van der Waals surface area (Å²) in [7, 11) is -3.09. The average Bonchev–Trinajstić information content (AvgIpc) is 2.64. The molecule has 0 aromatic heterocycles. The van der Waals surface area contributed by atoms with E-state index in [-0.39, 0.29) is 24.0 Å². The Balaban J connectivity index is 0.00000420. The van der Waals surface area contributed by atoms with Gasteiger partial charge in [-0.25, -0.2) is 12.7 Å². The highest BCUT2D eigenvalue weighted by Crippen LogP contribution is 2.18. The van der Waals surface area contributed by atoms with Crippen molar-refractivity contribution in [3.63, 3.8) is 0 Å². The van der Waals surface area contributed by atoms with E-state index in [1.54, 1.807) is 4.31 Å². The van der Waals surface area contributed by atoms with Gasteiger partial charge in [0.1, 0.15) is 0 Å². The van der Waals surface area contributed by atoms with Crippen molar-refractivity contribution in [2.45, 2.75) is 32.3 Å². The first-order valence-electron chi connectivity index (χ1n) is 10.2. The van der Waals surface area contributed by atoms with Crippen molar-refractivity contribution < 1.29 is 18.3 Å². The lowest BCUT2D eigenvalue weighted by Gasteiger charge is -2.33. The Hall–Kier alpha value is -0.210. The maximum atomic E-state index is 11.6. The molecule has 1 unspecified atom stereocenters. The quantitative estimate of drug-likeness (QED) is 0.222. The summed E-state index contributed by atoms with van der Waals surface area (Å²) < 4.78 is 30.1. The molecular weight excluding hydrogens is 509 g/mol. The van der Waals surface area contributed by atoms with Crippen molar-refractivity contribution in [1.29, 1.82) is 0 Å². The van der Waals surface area contributed by atoms with Gasteiger partial charge in [-0.2, -0.15) is 0 Å². The molecule has 0 aromatic carbocycles. The first-order valence-corrected chi connectivity index (χ1v) is 12.0. The Morgan fingerprint density at radius 2 is 1.83 bits per heavy atom. The van der Waals surface area contributed by atoms with Gasteiger partial charge < -0.3 is 20.5 Å². The SMILES string of the molecule is CCNC(=NCC(C)(O)CN1CCOCC1)NCC1CCN(S(C)(=O)=O)CC1.I. The molecule has 3 N–H and O–H groups in total. The lowest BCUT2D eigenvalue weighted by atomic mass is 9.98. The lowest BCUT2D eigenvalue weighted by molar-refractivity contribution is -0.0180. The van der Waals surface area contributed by atoms with Crippen molar-refractivity contribution >= 4 is 40.0 Å². The standard InChI is InChI=1S/C18H37N5O4S.HI/c1-4-19-17(20-13-16-5-7-23(8-6-16)28(3,25)26)21-14-18(2,24)15-22-9-11-27-12-10-22;/h16,24H,4-15H2,1-3H3,(H2,19,20,21);1H. The molecule has 2 fully saturated rings. The van der Waals surface area contributed by atoms with E-state index in [0.29, 0.717) is 51.3 Å². The van der Waals surface area contributed by atoms with Gasteiger partial charge in [0.25, 0.3) is 0 Å². The smallest absolute Gasteiger partial charge is 0.211 e. The predicted molar refractivity (Wildman–Crippen MR) is 126 cm³/mol. The Labute approximate surface area is 192 Å². The van der Waals surface area contributed by atoms with Gasteiger partial charge >= 0.3 is 0 Å². The van der Waals surface area contributed by atoms with Gasteiger partial charge in [-0.3, -0.25) is 9.89 Å². The van der Waals surface area contributed by atoms with Crippen LogP contribution >= 0.6 is 24.0 Å². The molecule has 9 nitrogen and oxygen atoms in total. The predicted octanol–water partition coefficient (Wildman–Crippen LogP) is -0.0857. The van der Waals surface area contributed by atoms with E-state index in [4.69, 9.17) is 4.74 Å². The number of nitrogens with one attached hydrogen (secondary N) is 2. The molecule has 29 heavy (non-hydrogen) atoms. The minimum atomic E-state index is -3.09. The summed E-state index contributed by atoms with van der Waals surface area (Å²) in [4.78, 5) is 6.77. The minimum absolute atomic E-state index is 0. The number of hydrogen-bond donors (Lipinski definition) is 3. The second-order valence-electron chi connectivity index (χ2n) is 8.07. The summed E-state index contributed by atoms with van der Waals surface area (Å²) in [5.41, 5.74) is -0.902. The Morgan fingerprint density at radius 1 is 1.21 bits per heavy atom. The molecule has 0 aliphatic carbocycles. The van der Waals surface area contributed by atoms with Crippen LogP contribution in [0.1, 0.15) is 26.7 Å². The van der Waals surface area contributed by atoms with Crippen LogP contribution in [0.3, 0.4) is 0 Å². The number of aliphatic hydroxyl groups is 1. The number of piperidine rings is 1. The summed E-state index contributed by atoms with van der Waals surface area (Å²) in [6.07, 6.45) is 2.95. The molecule has 0 bridgehead atoms. The molecule has 2 aliphatic rings. The van der Waals surface area contributed by atoms with Gasteiger partial charge in [0, 0.05) is 45.8 Å². The van der Waals surface area contributed by atoms with Crippen LogP contribution in [-0.4, -0.2) is 106 Å². The van der Waals surface area contributed by atoms with Crippen LogP contribution in [0.2, 0.25) is 0 Å². The number of guanidine groups is 1. The number of ether oxygens (including phenoxy) is 1. The summed E-state index contributed by atoms with van der Waals surface area (Å²) >= 11 is 0. The maximum absolute atomic E-state index is 11.6. The molecule has 1 atom stereocenters. The van der Waals surface area contributed by atoms with Crippen LogP contribution in [0.25, 0.3) is 0 Å². The molecule has 2 aliphatic heterocycles.